The van der Waals surface area contributed by atoms with Gasteiger partial charge < -0.3 is 14.7 Å². The lowest BCUT2D eigenvalue weighted by Crippen LogP contribution is -2.37. The smallest absolute Gasteiger partial charge is 0.222 e. The van der Waals surface area contributed by atoms with E-state index in [1.165, 1.54) is 19.3 Å². The molecule has 1 aliphatic heterocycles. The molecule has 1 amide bonds. The molecule has 1 rings (SSSR count). The highest BCUT2D eigenvalue weighted by Crippen LogP contribution is 2.21. The van der Waals surface area contributed by atoms with Crippen LogP contribution in [0.2, 0.25) is 0 Å². The average molecular weight is 257 g/mol. The van der Waals surface area contributed by atoms with Gasteiger partial charge in [-0.05, 0) is 12.8 Å². The molecule has 2 atom stereocenters. The van der Waals surface area contributed by atoms with Crippen molar-refractivity contribution in [3.05, 3.63) is 0 Å². The zero-order chi connectivity index (χ0) is 13.4. The molecule has 0 aliphatic carbocycles. The molecule has 1 N–H and O–H groups in total. The molecule has 0 saturated carbocycles. The molecule has 0 spiro atoms. The molecule has 0 radical (unpaired) electrons. The summed E-state index contributed by atoms with van der Waals surface area (Å²) in [4.78, 5) is 13.9. The second-order valence-corrected chi connectivity index (χ2v) is 5.14. The van der Waals surface area contributed by atoms with E-state index in [0.717, 1.165) is 19.3 Å². The first-order valence-corrected chi connectivity index (χ1v) is 7.16. The van der Waals surface area contributed by atoms with E-state index >= 15 is 0 Å². The molecule has 0 unspecified atom stereocenters. The van der Waals surface area contributed by atoms with E-state index in [0.29, 0.717) is 13.0 Å². The van der Waals surface area contributed by atoms with Gasteiger partial charge in [0.05, 0.1) is 18.8 Å². The highest BCUT2D eigenvalue weighted by molar-refractivity contribution is 5.76. The third-order valence-corrected chi connectivity index (χ3v) is 3.73. The van der Waals surface area contributed by atoms with E-state index < -0.39 is 0 Å². The van der Waals surface area contributed by atoms with Gasteiger partial charge in [0.15, 0.2) is 0 Å². The van der Waals surface area contributed by atoms with Crippen LogP contribution in [-0.4, -0.2) is 48.3 Å². The minimum Gasteiger partial charge on any atom is -0.394 e. The first kappa shape index (κ1) is 15.4. The van der Waals surface area contributed by atoms with Crippen molar-refractivity contribution >= 4 is 5.91 Å². The summed E-state index contributed by atoms with van der Waals surface area (Å²) in [5.41, 5.74) is 0. The van der Waals surface area contributed by atoms with E-state index in [2.05, 4.69) is 6.92 Å². The number of ether oxygens (including phenoxy) is 1. The van der Waals surface area contributed by atoms with Gasteiger partial charge in [0.25, 0.3) is 0 Å². The van der Waals surface area contributed by atoms with Crippen LogP contribution in [0.4, 0.5) is 0 Å². The van der Waals surface area contributed by atoms with Crippen molar-refractivity contribution in [3.63, 3.8) is 0 Å². The Morgan fingerprint density at radius 1 is 1.33 bits per heavy atom. The zero-order valence-electron chi connectivity index (χ0n) is 11.7. The van der Waals surface area contributed by atoms with Gasteiger partial charge in [-0.3, -0.25) is 4.79 Å². The lowest BCUT2D eigenvalue weighted by Gasteiger charge is -2.22. The number of methoxy groups -OCH3 is 1. The molecule has 4 heteroatoms. The van der Waals surface area contributed by atoms with Crippen LogP contribution in [0.1, 0.15) is 51.9 Å². The van der Waals surface area contributed by atoms with Crippen LogP contribution in [0.15, 0.2) is 0 Å². The van der Waals surface area contributed by atoms with E-state index in [9.17, 15) is 9.90 Å². The van der Waals surface area contributed by atoms with Crippen LogP contribution in [0.3, 0.4) is 0 Å². The Bertz CT molecular complexity index is 245. The molecule has 1 heterocycles. The van der Waals surface area contributed by atoms with Crippen LogP contribution >= 0.6 is 0 Å². The standard InChI is InChI=1S/C14H27NO3/c1-3-4-5-6-7-8-14(17)15-10-13(18-2)9-12(15)11-16/h12-13,16H,3-11H2,1-2H3/t12-,13+/m0/s1. The lowest BCUT2D eigenvalue weighted by atomic mass is 10.1. The number of aliphatic hydroxyl groups excluding tert-OH is 1. The maximum absolute atomic E-state index is 12.1. The van der Waals surface area contributed by atoms with Crippen molar-refractivity contribution in [2.75, 3.05) is 20.3 Å². The molecule has 1 aliphatic rings. The molecule has 0 bridgehead atoms. The summed E-state index contributed by atoms with van der Waals surface area (Å²) >= 11 is 0. The number of carbonyl (C=O) groups is 1. The van der Waals surface area contributed by atoms with Gasteiger partial charge in [-0.25, -0.2) is 0 Å². The summed E-state index contributed by atoms with van der Waals surface area (Å²) in [6.45, 7) is 2.86. The predicted octanol–water partition coefficient (Wildman–Crippen LogP) is 1.96. The molecular formula is C14H27NO3. The number of nitrogens with zero attached hydrogens (tertiary/aromatic N) is 1. The number of hydrogen-bond acceptors (Lipinski definition) is 3. The highest BCUT2D eigenvalue weighted by Gasteiger charge is 2.34. The monoisotopic (exact) mass is 257 g/mol. The Kier molecular flexibility index (Phi) is 7.28. The number of unbranched alkanes of at least 4 members (excludes halogenated alkanes) is 4. The Morgan fingerprint density at radius 2 is 2.06 bits per heavy atom. The van der Waals surface area contributed by atoms with Crippen LogP contribution in [0, 0.1) is 0 Å². The van der Waals surface area contributed by atoms with Crippen molar-refractivity contribution < 1.29 is 14.6 Å². The molecule has 106 valence electrons. The fourth-order valence-electron chi connectivity index (χ4n) is 2.55. The SMILES string of the molecule is CCCCCCCC(=O)N1C[C@H](OC)C[C@H]1CO. The molecule has 18 heavy (non-hydrogen) atoms. The van der Waals surface area contributed by atoms with E-state index in [4.69, 9.17) is 4.74 Å². The molecule has 0 aromatic carbocycles. The summed E-state index contributed by atoms with van der Waals surface area (Å²) in [5, 5.41) is 9.29. The average Bonchev–Trinajstić information content (AvgIpc) is 2.81. The predicted molar refractivity (Wildman–Crippen MR) is 71.4 cm³/mol. The van der Waals surface area contributed by atoms with Crippen LogP contribution < -0.4 is 0 Å². The van der Waals surface area contributed by atoms with E-state index in [1.54, 1.807) is 12.0 Å². The maximum Gasteiger partial charge on any atom is 0.222 e. The molecular weight excluding hydrogens is 230 g/mol. The molecule has 0 aromatic rings. The summed E-state index contributed by atoms with van der Waals surface area (Å²) in [5.74, 6) is 0.171. The molecule has 0 aromatic heterocycles. The second kappa shape index (κ2) is 8.48. The Labute approximate surface area is 110 Å². The molecule has 1 fully saturated rings. The topological polar surface area (TPSA) is 49.8 Å². The normalized spacial score (nSPS) is 23.6. The molecule has 1 saturated heterocycles. The third-order valence-electron chi connectivity index (χ3n) is 3.73. The number of hydrogen-bond donors (Lipinski definition) is 1. The largest absolute Gasteiger partial charge is 0.394 e. The number of likely N-dealkylation sites (tertiary alicyclic amines) is 1. The summed E-state index contributed by atoms with van der Waals surface area (Å²) in [6.07, 6.45) is 7.24. The number of amides is 1. The van der Waals surface area contributed by atoms with Crippen LogP contribution in [0.25, 0.3) is 0 Å². The third kappa shape index (κ3) is 4.58. The summed E-state index contributed by atoms with van der Waals surface area (Å²) < 4.78 is 5.28. The van der Waals surface area contributed by atoms with Gasteiger partial charge in [0.1, 0.15) is 0 Å². The number of aliphatic hydroxyl groups is 1. The first-order chi connectivity index (χ1) is 8.72. The first-order valence-electron chi connectivity index (χ1n) is 7.16. The quantitative estimate of drug-likeness (QED) is 0.676. The highest BCUT2D eigenvalue weighted by atomic mass is 16.5. The minimum absolute atomic E-state index is 0.0431. The van der Waals surface area contributed by atoms with Crippen molar-refractivity contribution in [2.45, 2.75) is 64.0 Å². The zero-order valence-corrected chi connectivity index (χ0v) is 11.7. The summed E-state index contributed by atoms with van der Waals surface area (Å²) in [6, 6.07) is -0.0434. The Hall–Kier alpha value is -0.610. The Morgan fingerprint density at radius 3 is 2.67 bits per heavy atom. The van der Waals surface area contributed by atoms with Gasteiger partial charge in [-0.2, -0.15) is 0 Å². The van der Waals surface area contributed by atoms with Crippen molar-refractivity contribution in [3.8, 4) is 0 Å². The van der Waals surface area contributed by atoms with Gasteiger partial charge >= 0.3 is 0 Å². The fourth-order valence-corrected chi connectivity index (χ4v) is 2.55. The summed E-state index contributed by atoms with van der Waals surface area (Å²) in [7, 11) is 1.66. The number of carbonyl (C=O) groups excluding carboxylic acids is 1. The molecule has 4 nitrogen and oxygen atoms in total. The van der Waals surface area contributed by atoms with Gasteiger partial charge in [-0.15, -0.1) is 0 Å². The fraction of sp³-hybridized carbons (Fsp3) is 0.929. The second-order valence-electron chi connectivity index (χ2n) is 5.14. The van der Waals surface area contributed by atoms with Crippen molar-refractivity contribution in [1.82, 2.24) is 4.90 Å². The van der Waals surface area contributed by atoms with Crippen LogP contribution in [0.5, 0.6) is 0 Å². The number of rotatable bonds is 8. The van der Waals surface area contributed by atoms with Crippen molar-refractivity contribution in [1.29, 1.82) is 0 Å². The van der Waals surface area contributed by atoms with E-state index in [1.807, 2.05) is 0 Å². The van der Waals surface area contributed by atoms with Crippen molar-refractivity contribution in [2.24, 2.45) is 0 Å². The van der Waals surface area contributed by atoms with Crippen LogP contribution in [-0.2, 0) is 9.53 Å². The van der Waals surface area contributed by atoms with E-state index in [-0.39, 0.29) is 24.7 Å². The Balaban J connectivity index is 2.27. The maximum atomic E-state index is 12.1. The van der Waals surface area contributed by atoms with Gasteiger partial charge in [-0.1, -0.05) is 32.6 Å². The van der Waals surface area contributed by atoms with Gasteiger partial charge in [0, 0.05) is 20.1 Å². The minimum atomic E-state index is -0.0434. The van der Waals surface area contributed by atoms with Gasteiger partial charge in [0.2, 0.25) is 5.91 Å². The lowest BCUT2D eigenvalue weighted by molar-refractivity contribution is -0.133.